The van der Waals surface area contributed by atoms with E-state index in [1.165, 1.54) is 38.2 Å². The van der Waals surface area contributed by atoms with Crippen molar-refractivity contribution in [3.63, 3.8) is 0 Å². The maximum absolute atomic E-state index is 12.1. The lowest BCUT2D eigenvalue weighted by Crippen LogP contribution is -2.24. The monoisotopic (exact) mass is 495 g/mol. The Labute approximate surface area is 209 Å². The zero-order valence-electron chi connectivity index (χ0n) is 21.7. The quantitative estimate of drug-likeness (QED) is 0.364. The van der Waals surface area contributed by atoms with Crippen molar-refractivity contribution < 1.29 is 8.42 Å². The van der Waals surface area contributed by atoms with E-state index in [2.05, 4.69) is 78.1 Å². The molecule has 1 N–H and O–H groups in total. The van der Waals surface area contributed by atoms with Crippen molar-refractivity contribution >= 4 is 37.5 Å². The summed E-state index contributed by atoms with van der Waals surface area (Å²) in [5.74, 6) is 0. The summed E-state index contributed by atoms with van der Waals surface area (Å²) in [6.45, 7) is 2.70. The van der Waals surface area contributed by atoms with Gasteiger partial charge in [0.2, 0.25) is 10.0 Å². The molecule has 8 heteroatoms. The summed E-state index contributed by atoms with van der Waals surface area (Å²) >= 11 is 0. The molecule has 0 saturated carbocycles. The van der Waals surface area contributed by atoms with Crippen molar-refractivity contribution in [2.24, 2.45) is 0 Å². The predicted molar refractivity (Wildman–Crippen MR) is 147 cm³/mol. The van der Waals surface area contributed by atoms with Crippen LogP contribution >= 0.6 is 0 Å². The molecule has 0 fully saturated rings. The van der Waals surface area contributed by atoms with Crippen LogP contribution in [0.3, 0.4) is 0 Å². The summed E-state index contributed by atoms with van der Waals surface area (Å²) in [7, 11) is 6.63. The fourth-order valence-electron chi connectivity index (χ4n) is 4.49. The molecule has 4 aromatic rings. The van der Waals surface area contributed by atoms with Crippen molar-refractivity contribution in [3.05, 3.63) is 65.5 Å². The minimum atomic E-state index is -3.32. The Balaban J connectivity index is 1.71. The molecule has 2 aromatic carbocycles. The van der Waals surface area contributed by atoms with Gasteiger partial charge in [-0.15, -0.1) is 0 Å². The zero-order valence-corrected chi connectivity index (χ0v) is 22.5. The summed E-state index contributed by atoms with van der Waals surface area (Å²) in [6, 6.07) is 12.6. The summed E-state index contributed by atoms with van der Waals surface area (Å²) in [5, 5.41) is 2.39. The molecular formula is C27H37N5O2S. The highest BCUT2D eigenvalue weighted by molar-refractivity contribution is 7.92. The van der Waals surface area contributed by atoms with Crippen molar-refractivity contribution in [3.8, 4) is 0 Å². The van der Waals surface area contributed by atoms with Crippen LogP contribution in [0.25, 0.3) is 21.8 Å². The molecule has 188 valence electrons. The molecule has 4 rings (SSSR count). The Hall–Kier alpha value is -2.81. The van der Waals surface area contributed by atoms with Crippen molar-refractivity contribution in [2.45, 2.75) is 19.4 Å². The molecule has 0 bridgehead atoms. The average molecular weight is 496 g/mol. The van der Waals surface area contributed by atoms with Crippen LogP contribution in [0.4, 0.5) is 5.69 Å². The number of nitrogens with zero attached hydrogens (tertiary/aromatic N) is 4. The molecule has 35 heavy (non-hydrogen) atoms. The van der Waals surface area contributed by atoms with Gasteiger partial charge in [-0.05, 0) is 88.1 Å². The number of fused-ring (bicyclic) bond motifs is 2. The Kier molecular flexibility index (Phi) is 7.26. The van der Waals surface area contributed by atoms with E-state index in [9.17, 15) is 8.42 Å². The number of rotatable bonds is 10. The number of aromatic nitrogens is 2. The number of likely N-dealkylation sites (N-methyl/N-ethyl adjacent to an activating group) is 2. The summed E-state index contributed by atoms with van der Waals surface area (Å²) in [6.07, 6.45) is 7.50. The van der Waals surface area contributed by atoms with Crippen molar-refractivity contribution in [2.75, 3.05) is 58.9 Å². The van der Waals surface area contributed by atoms with Gasteiger partial charge < -0.3 is 19.4 Å². The second kappa shape index (κ2) is 10.0. The molecule has 7 nitrogen and oxygen atoms in total. The van der Waals surface area contributed by atoms with Crippen LogP contribution in [0.1, 0.15) is 16.7 Å². The van der Waals surface area contributed by atoms with E-state index in [1.807, 2.05) is 18.2 Å². The lowest BCUT2D eigenvalue weighted by Gasteiger charge is -2.17. The molecule has 0 saturated heterocycles. The van der Waals surface area contributed by atoms with Gasteiger partial charge >= 0.3 is 0 Å². The zero-order chi connectivity index (χ0) is 25.3. The SMILES string of the molecule is CN(C)CCc1c[nH]c2ccc(Cn3cc(CCN(C)C)c4cc(N(C)S(C)(=O)=O)ccc43)cc12. The molecule has 0 unspecified atom stereocenters. The Bertz CT molecular complexity index is 1430. The number of hydrogen-bond donors (Lipinski definition) is 1. The Morgan fingerprint density at radius 1 is 0.857 bits per heavy atom. The third-order valence-electron chi connectivity index (χ3n) is 6.65. The Morgan fingerprint density at radius 2 is 1.54 bits per heavy atom. The van der Waals surface area contributed by atoms with Gasteiger partial charge in [-0.1, -0.05) is 6.07 Å². The van der Waals surface area contributed by atoms with E-state index in [0.29, 0.717) is 5.69 Å². The van der Waals surface area contributed by atoms with Gasteiger partial charge in [0.15, 0.2) is 0 Å². The van der Waals surface area contributed by atoms with Crippen LogP contribution < -0.4 is 4.31 Å². The molecule has 0 radical (unpaired) electrons. The second-order valence-corrected chi connectivity index (χ2v) is 12.0. The van der Waals surface area contributed by atoms with Gasteiger partial charge in [0.05, 0.1) is 11.9 Å². The normalized spacial score (nSPS) is 12.5. The molecule has 0 atom stereocenters. The molecule has 2 heterocycles. The first-order valence-corrected chi connectivity index (χ1v) is 13.8. The summed E-state index contributed by atoms with van der Waals surface area (Å²) < 4.78 is 27.9. The molecule has 0 amide bonds. The fraction of sp³-hybridized carbons (Fsp3) is 0.407. The molecule has 0 aliphatic carbocycles. The molecule has 2 aromatic heterocycles. The number of hydrogen-bond acceptors (Lipinski definition) is 4. The first kappa shape index (κ1) is 25.3. The topological polar surface area (TPSA) is 64.6 Å². The van der Waals surface area contributed by atoms with Crippen LogP contribution in [-0.2, 0) is 29.4 Å². The van der Waals surface area contributed by atoms with Crippen LogP contribution in [0.2, 0.25) is 0 Å². The van der Waals surface area contributed by atoms with Crippen molar-refractivity contribution in [1.82, 2.24) is 19.4 Å². The first-order chi connectivity index (χ1) is 16.5. The van der Waals surface area contributed by atoms with E-state index < -0.39 is 10.0 Å². The lowest BCUT2D eigenvalue weighted by molar-refractivity contribution is 0.414. The van der Waals surface area contributed by atoms with E-state index in [1.54, 1.807) is 7.05 Å². The van der Waals surface area contributed by atoms with Gasteiger partial charge in [-0.2, -0.15) is 0 Å². The lowest BCUT2D eigenvalue weighted by atomic mass is 10.1. The van der Waals surface area contributed by atoms with Crippen molar-refractivity contribution in [1.29, 1.82) is 0 Å². The number of nitrogens with one attached hydrogen (secondary N) is 1. The highest BCUT2D eigenvalue weighted by Gasteiger charge is 2.16. The van der Waals surface area contributed by atoms with Gasteiger partial charge in [0, 0.05) is 60.9 Å². The summed E-state index contributed by atoms with van der Waals surface area (Å²) in [5.41, 5.74) is 6.78. The second-order valence-electron chi connectivity index (χ2n) is 10.0. The molecular weight excluding hydrogens is 458 g/mol. The van der Waals surface area contributed by atoms with Gasteiger partial charge in [-0.3, -0.25) is 4.31 Å². The Morgan fingerprint density at radius 3 is 2.20 bits per heavy atom. The minimum Gasteiger partial charge on any atom is -0.361 e. The fourth-order valence-corrected chi connectivity index (χ4v) is 4.99. The maximum atomic E-state index is 12.1. The molecule has 0 aliphatic rings. The number of anilines is 1. The van der Waals surface area contributed by atoms with Crippen LogP contribution in [0.5, 0.6) is 0 Å². The number of H-pyrrole nitrogens is 1. The van der Waals surface area contributed by atoms with E-state index in [0.717, 1.165) is 43.4 Å². The number of benzene rings is 2. The van der Waals surface area contributed by atoms with Crippen LogP contribution in [0.15, 0.2) is 48.8 Å². The van der Waals surface area contributed by atoms with E-state index in [-0.39, 0.29) is 0 Å². The smallest absolute Gasteiger partial charge is 0.231 e. The third-order valence-corrected chi connectivity index (χ3v) is 7.86. The standard InChI is InChI=1S/C27H37N5O2S/c1-29(2)13-11-21-17-28-26-9-7-20(15-24(21)26)18-32-19-22(12-14-30(3)4)25-16-23(8-10-27(25)32)31(5)35(6,33)34/h7-10,15-17,19,28H,11-14,18H2,1-6H3. The van der Waals surface area contributed by atoms with Gasteiger partial charge in [0.1, 0.15) is 0 Å². The largest absolute Gasteiger partial charge is 0.361 e. The molecule has 0 aliphatic heterocycles. The van der Waals surface area contributed by atoms with Crippen LogP contribution in [-0.4, -0.2) is 82.4 Å². The number of aromatic amines is 1. The predicted octanol–water partition coefficient (Wildman–Crippen LogP) is 3.77. The van der Waals surface area contributed by atoms with Gasteiger partial charge in [0.25, 0.3) is 0 Å². The van der Waals surface area contributed by atoms with Crippen LogP contribution in [0, 0.1) is 0 Å². The highest BCUT2D eigenvalue weighted by Crippen LogP contribution is 2.29. The summed E-state index contributed by atoms with van der Waals surface area (Å²) in [4.78, 5) is 7.79. The minimum absolute atomic E-state index is 0.683. The highest BCUT2D eigenvalue weighted by atomic mass is 32.2. The van der Waals surface area contributed by atoms with E-state index >= 15 is 0 Å². The maximum Gasteiger partial charge on any atom is 0.231 e. The average Bonchev–Trinajstić information content (AvgIpc) is 3.35. The first-order valence-electron chi connectivity index (χ1n) is 12.0. The van der Waals surface area contributed by atoms with Gasteiger partial charge in [-0.25, -0.2) is 8.42 Å². The molecule has 0 spiro atoms. The third kappa shape index (κ3) is 5.72. The number of sulfonamides is 1. The van der Waals surface area contributed by atoms with E-state index in [4.69, 9.17) is 0 Å².